The highest BCUT2D eigenvalue weighted by Gasteiger charge is 2.25. The minimum atomic E-state index is -0.128. The molecule has 0 aliphatic rings. The molecular weight excluding hydrogens is 256 g/mol. The molecule has 0 aliphatic carbocycles. The minimum Gasteiger partial charge on any atom is -0.396 e. The molecule has 0 aliphatic heterocycles. The standard InChI is InChI=1S/C13H22N6O/c1-4-13(5-2,7-20)6-15-10-9-11(17-8-16-9)19-12(14-3)18-10/h8,20H,4-7H2,1-3H3,(H3,14,15,16,17,18,19). The second kappa shape index (κ2) is 6.04. The van der Waals surface area contributed by atoms with E-state index in [1.807, 2.05) is 0 Å². The molecule has 0 radical (unpaired) electrons. The number of imidazole rings is 1. The van der Waals surface area contributed by atoms with E-state index >= 15 is 0 Å². The predicted molar refractivity (Wildman–Crippen MR) is 79.8 cm³/mol. The summed E-state index contributed by atoms with van der Waals surface area (Å²) in [6, 6.07) is 0. The van der Waals surface area contributed by atoms with E-state index in [1.165, 1.54) is 0 Å². The summed E-state index contributed by atoms with van der Waals surface area (Å²) in [5.74, 6) is 1.23. The van der Waals surface area contributed by atoms with Gasteiger partial charge in [-0.15, -0.1) is 0 Å². The zero-order valence-electron chi connectivity index (χ0n) is 12.2. The number of H-pyrrole nitrogens is 1. The van der Waals surface area contributed by atoms with Gasteiger partial charge in [0.15, 0.2) is 11.5 Å². The van der Waals surface area contributed by atoms with E-state index < -0.39 is 0 Å². The second-order valence-electron chi connectivity index (χ2n) is 4.97. The monoisotopic (exact) mass is 278 g/mol. The summed E-state index contributed by atoms with van der Waals surface area (Å²) in [5.41, 5.74) is 1.27. The van der Waals surface area contributed by atoms with Crippen LogP contribution in [-0.4, -0.2) is 45.2 Å². The number of hydrogen-bond donors (Lipinski definition) is 4. The molecule has 0 saturated carbocycles. The summed E-state index contributed by atoms with van der Waals surface area (Å²) >= 11 is 0. The van der Waals surface area contributed by atoms with Crippen molar-refractivity contribution in [3.8, 4) is 0 Å². The molecular formula is C13H22N6O. The zero-order valence-corrected chi connectivity index (χ0v) is 12.2. The summed E-state index contributed by atoms with van der Waals surface area (Å²) < 4.78 is 0. The van der Waals surface area contributed by atoms with Crippen LogP contribution in [0.1, 0.15) is 26.7 Å². The van der Waals surface area contributed by atoms with E-state index in [4.69, 9.17) is 0 Å². The molecule has 0 fully saturated rings. The molecule has 0 saturated heterocycles. The SMILES string of the molecule is CCC(CC)(CO)CNc1nc(NC)nc2nc[nH]c12. The fourth-order valence-electron chi connectivity index (χ4n) is 2.12. The summed E-state index contributed by atoms with van der Waals surface area (Å²) in [6.45, 7) is 4.99. The largest absolute Gasteiger partial charge is 0.396 e. The number of aromatic nitrogens is 4. The second-order valence-corrected chi connectivity index (χ2v) is 4.97. The van der Waals surface area contributed by atoms with Crippen LogP contribution in [-0.2, 0) is 0 Å². The molecule has 7 nitrogen and oxygen atoms in total. The van der Waals surface area contributed by atoms with Crippen LogP contribution < -0.4 is 10.6 Å². The lowest BCUT2D eigenvalue weighted by Crippen LogP contribution is -2.32. The molecule has 4 N–H and O–H groups in total. The summed E-state index contributed by atoms with van der Waals surface area (Å²) in [4.78, 5) is 15.9. The van der Waals surface area contributed by atoms with Crippen LogP contribution in [0, 0.1) is 5.41 Å². The van der Waals surface area contributed by atoms with Crippen LogP contribution in [0.4, 0.5) is 11.8 Å². The molecule has 0 unspecified atom stereocenters. The molecule has 0 bridgehead atoms. The van der Waals surface area contributed by atoms with Crippen molar-refractivity contribution < 1.29 is 5.11 Å². The average molecular weight is 278 g/mol. The first-order chi connectivity index (χ1) is 9.68. The zero-order chi connectivity index (χ0) is 14.6. The lowest BCUT2D eigenvalue weighted by molar-refractivity contribution is 0.127. The molecule has 0 amide bonds. The van der Waals surface area contributed by atoms with Gasteiger partial charge in [-0.2, -0.15) is 9.97 Å². The fourth-order valence-corrected chi connectivity index (χ4v) is 2.12. The lowest BCUT2D eigenvalue weighted by atomic mass is 9.83. The van der Waals surface area contributed by atoms with Crippen molar-refractivity contribution in [1.82, 2.24) is 19.9 Å². The maximum absolute atomic E-state index is 9.62. The normalized spacial score (nSPS) is 11.8. The molecule has 2 rings (SSSR count). The van der Waals surface area contributed by atoms with Crippen LogP contribution >= 0.6 is 0 Å². The van der Waals surface area contributed by atoms with Gasteiger partial charge in [-0.25, -0.2) is 4.98 Å². The van der Waals surface area contributed by atoms with Gasteiger partial charge in [-0.05, 0) is 12.8 Å². The minimum absolute atomic E-state index is 0.128. The van der Waals surface area contributed by atoms with E-state index in [0.717, 1.165) is 18.4 Å². The van der Waals surface area contributed by atoms with Gasteiger partial charge in [-0.3, -0.25) is 0 Å². The molecule has 2 aromatic heterocycles. The van der Waals surface area contributed by atoms with Gasteiger partial charge in [0.1, 0.15) is 5.52 Å². The Bertz CT molecular complexity index is 555. The van der Waals surface area contributed by atoms with Crippen LogP contribution in [0.5, 0.6) is 0 Å². The molecule has 0 spiro atoms. The van der Waals surface area contributed by atoms with E-state index in [9.17, 15) is 5.11 Å². The van der Waals surface area contributed by atoms with Crippen molar-refractivity contribution in [3.63, 3.8) is 0 Å². The first-order valence-corrected chi connectivity index (χ1v) is 6.91. The average Bonchev–Trinajstić information content (AvgIpc) is 2.97. The number of aliphatic hydroxyl groups excluding tert-OH is 1. The Hall–Kier alpha value is -1.89. The highest BCUT2D eigenvalue weighted by Crippen LogP contribution is 2.27. The van der Waals surface area contributed by atoms with Gasteiger partial charge < -0.3 is 20.7 Å². The molecule has 20 heavy (non-hydrogen) atoms. The maximum Gasteiger partial charge on any atom is 0.226 e. The van der Waals surface area contributed by atoms with Crippen molar-refractivity contribution in [2.45, 2.75) is 26.7 Å². The van der Waals surface area contributed by atoms with Crippen molar-refractivity contribution in [3.05, 3.63) is 6.33 Å². The first-order valence-electron chi connectivity index (χ1n) is 6.91. The molecule has 110 valence electrons. The van der Waals surface area contributed by atoms with Gasteiger partial charge in [-0.1, -0.05) is 13.8 Å². The molecule has 2 aromatic rings. The molecule has 2 heterocycles. The van der Waals surface area contributed by atoms with Gasteiger partial charge in [0, 0.05) is 19.0 Å². The van der Waals surface area contributed by atoms with E-state index in [0.29, 0.717) is 24.0 Å². The quantitative estimate of drug-likeness (QED) is 0.614. The highest BCUT2D eigenvalue weighted by atomic mass is 16.3. The molecule has 7 heteroatoms. The van der Waals surface area contributed by atoms with Crippen molar-refractivity contribution in [1.29, 1.82) is 0 Å². The number of aromatic amines is 1. The lowest BCUT2D eigenvalue weighted by Gasteiger charge is -2.29. The third kappa shape index (κ3) is 2.67. The van der Waals surface area contributed by atoms with Gasteiger partial charge in [0.05, 0.1) is 12.9 Å². The van der Waals surface area contributed by atoms with Crippen LogP contribution in [0.15, 0.2) is 6.33 Å². The number of nitrogens with one attached hydrogen (secondary N) is 3. The number of rotatable bonds is 7. The number of fused-ring (bicyclic) bond motifs is 1. The Morgan fingerprint density at radius 1 is 1.30 bits per heavy atom. The Balaban J connectivity index is 2.26. The molecule has 0 atom stereocenters. The summed E-state index contributed by atoms with van der Waals surface area (Å²) in [5, 5.41) is 15.9. The van der Waals surface area contributed by atoms with Crippen molar-refractivity contribution in [2.24, 2.45) is 5.41 Å². The van der Waals surface area contributed by atoms with Gasteiger partial charge >= 0.3 is 0 Å². The first kappa shape index (κ1) is 14.5. The third-order valence-electron chi connectivity index (χ3n) is 3.98. The van der Waals surface area contributed by atoms with E-state index in [-0.39, 0.29) is 12.0 Å². The highest BCUT2D eigenvalue weighted by molar-refractivity contribution is 5.83. The van der Waals surface area contributed by atoms with Crippen LogP contribution in [0.25, 0.3) is 11.2 Å². The Kier molecular flexibility index (Phi) is 4.39. The van der Waals surface area contributed by atoms with Crippen LogP contribution in [0.2, 0.25) is 0 Å². The smallest absolute Gasteiger partial charge is 0.226 e. The summed E-state index contributed by atoms with van der Waals surface area (Å²) in [6.07, 6.45) is 3.41. The molecule has 0 aromatic carbocycles. The van der Waals surface area contributed by atoms with Gasteiger partial charge in [0.2, 0.25) is 5.95 Å². The predicted octanol–water partition coefficient (Wildman–Crippen LogP) is 1.61. The fraction of sp³-hybridized carbons (Fsp3) is 0.615. The number of nitrogens with zero attached hydrogens (tertiary/aromatic N) is 3. The van der Waals surface area contributed by atoms with E-state index in [2.05, 4.69) is 44.4 Å². The Labute approximate surface area is 118 Å². The number of hydrogen-bond acceptors (Lipinski definition) is 6. The van der Waals surface area contributed by atoms with Crippen molar-refractivity contribution >= 4 is 22.9 Å². The number of aliphatic hydroxyl groups is 1. The van der Waals surface area contributed by atoms with Crippen molar-refractivity contribution in [2.75, 3.05) is 30.8 Å². The van der Waals surface area contributed by atoms with E-state index in [1.54, 1.807) is 13.4 Å². The maximum atomic E-state index is 9.62. The Morgan fingerprint density at radius 2 is 2.05 bits per heavy atom. The third-order valence-corrected chi connectivity index (χ3v) is 3.98. The number of anilines is 2. The van der Waals surface area contributed by atoms with Crippen LogP contribution in [0.3, 0.4) is 0 Å². The van der Waals surface area contributed by atoms with Gasteiger partial charge in [0.25, 0.3) is 0 Å². The summed E-state index contributed by atoms with van der Waals surface area (Å²) in [7, 11) is 1.77. The topological polar surface area (TPSA) is 98.8 Å². The Morgan fingerprint density at radius 3 is 2.65 bits per heavy atom.